The van der Waals surface area contributed by atoms with E-state index >= 15 is 0 Å². The number of nitrogens with one attached hydrogen (secondary N) is 1. The van der Waals surface area contributed by atoms with Crippen LogP contribution >= 0.6 is 0 Å². The number of para-hydroxylation sites is 1. The summed E-state index contributed by atoms with van der Waals surface area (Å²) in [5.74, 6) is 0.361. The zero-order valence-electron chi connectivity index (χ0n) is 14.1. The summed E-state index contributed by atoms with van der Waals surface area (Å²) in [4.78, 5) is 14.4. The first-order valence-electron chi connectivity index (χ1n) is 9.20. The highest BCUT2D eigenvalue weighted by Gasteiger charge is 2.41. The third-order valence-electron chi connectivity index (χ3n) is 5.50. The Labute approximate surface area is 143 Å². The number of likely N-dealkylation sites (tertiary alicyclic amines) is 1. The second-order valence-corrected chi connectivity index (χ2v) is 7.18. The van der Waals surface area contributed by atoms with Crippen LogP contribution in [-0.2, 0) is 11.3 Å². The van der Waals surface area contributed by atoms with Gasteiger partial charge in [-0.15, -0.1) is 0 Å². The highest BCUT2D eigenvalue weighted by molar-refractivity contribution is 5.74. The third kappa shape index (κ3) is 3.22. The van der Waals surface area contributed by atoms with Crippen molar-refractivity contribution in [2.24, 2.45) is 0 Å². The van der Waals surface area contributed by atoms with Gasteiger partial charge in [-0.3, -0.25) is 0 Å². The minimum atomic E-state index is -0.560. The third-order valence-corrected chi connectivity index (χ3v) is 5.50. The molecule has 1 N–H and O–H groups in total. The molecule has 0 bridgehead atoms. The monoisotopic (exact) mass is 330 g/mol. The lowest BCUT2D eigenvalue weighted by atomic mass is 9.95. The van der Waals surface area contributed by atoms with Crippen LogP contribution in [0.3, 0.4) is 0 Å². The Hall–Kier alpha value is -1.75. The Morgan fingerprint density at radius 3 is 2.67 bits per heavy atom. The first kappa shape index (κ1) is 15.8. The number of ether oxygens (including phenoxy) is 2. The minimum Gasteiger partial charge on any atom is -0.462 e. The number of urea groups is 1. The van der Waals surface area contributed by atoms with Crippen LogP contribution in [0.15, 0.2) is 24.3 Å². The van der Waals surface area contributed by atoms with Crippen molar-refractivity contribution in [2.75, 3.05) is 13.1 Å². The molecule has 24 heavy (non-hydrogen) atoms. The molecule has 0 radical (unpaired) electrons. The normalized spacial score (nSPS) is 23.4. The number of carbonyl (C=O) groups is 1. The van der Waals surface area contributed by atoms with Crippen molar-refractivity contribution in [3.63, 3.8) is 0 Å². The molecule has 5 nitrogen and oxygen atoms in total. The highest BCUT2D eigenvalue weighted by atomic mass is 16.7. The van der Waals surface area contributed by atoms with Gasteiger partial charge >= 0.3 is 6.03 Å². The quantitative estimate of drug-likeness (QED) is 0.858. The van der Waals surface area contributed by atoms with Gasteiger partial charge < -0.3 is 19.7 Å². The molecule has 1 aliphatic carbocycles. The molecule has 1 aromatic rings. The van der Waals surface area contributed by atoms with Crippen molar-refractivity contribution < 1.29 is 14.3 Å². The number of rotatable bonds is 1. The molecule has 1 saturated heterocycles. The number of amides is 2. The van der Waals surface area contributed by atoms with Crippen LogP contribution in [0.4, 0.5) is 4.79 Å². The number of fused-ring (bicyclic) bond motifs is 1. The molecule has 2 heterocycles. The van der Waals surface area contributed by atoms with E-state index in [0.29, 0.717) is 25.7 Å². The van der Waals surface area contributed by atoms with Crippen LogP contribution < -0.4 is 10.1 Å². The van der Waals surface area contributed by atoms with Crippen LogP contribution in [0.5, 0.6) is 5.75 Å². The Morgan fingerprint density at radius 1 is 1.12 bits per heavy atom. The molecule has 5 heteroatoms. The van der Waals surface area contributed by atoms with Crippen LogP contribution in [0.1, 0.15) is 50.5 Å². The molecule has 130 valence electrons. The SMILES string of the molecule is O=C(NC1CCCCC1)N1CCC2(CC1)OCc1ccccc1O2. The van der Waals surface area contributed by atoms with Crippen molar-refractivity contribution in [2.45, 2.75) is 63.4 Å². The summed E-state index contributed by atoms with van der Waals surface area (Å²) >= 11 is 0. The zero-order chi connectivity index (χ0) is 16.4. The lowest BCUT2D eigenvalue weighted by Gasteiger charge is -2.44. The molecular formula is C19H26N2O3. The number of hydrogen-bond donors (Lipinski definition) is 1. The van der Waals surface area contributed by atoms with Crippen LogP contribution in [-0.4, -0.2) is 35.8 Å². The fourth-order valence-corrected chi connectivity index (χ4v) is 3.97. The fraction of sp³-hybridized carbons (Fsp3) is 0.632. The Kier molecular flexibility index (Phi) is 4.35. The first-order chi connectivity index (χ1) is 11.7. The Bertz CT molecular complexity index is 590. The zero-order valence-corrected chi connectivity index (χ0v) is 14.1. The summed E-state index contributed by atoms with van der Waals surface area (Å²) in [5, 5.41) is 3.20. The molecule has 3 aliphatic rings. The molecule has 2 fully saturated rings. The van der Waals surface area contributed by atoms with Gasteiger partial charge in [0.05, 0.1) is 6.61 Å². The maximum atomic E-state index is 12.5. The predicted molar refractivity (Wildman–Crippen MR) is 90.8 cm³/mol. The number of carbonyl (C=O) groups excluding carboxylic acids is 1. The largest absolute Gasteiger partial charge is 0.462 e. The molecule has 1 aromatic carbocycles. The van der Waals surface area contributed by atoms with E-state index in [-0.39, 0.29) is 6.03 Å². The van der Waals surface area contributed by atoms with Crippen LogP contribution in [0.25, 0.3) is 0 Å². The highest BCUT2D eigenvalue weighted by Crippen LogP contribution is 2.37. The van der Waals surface area contributed by atoms with Gasteiger partial charge in [-0.1, -0.05) is 37.5 Å². The van der Waals surface area contributed by atoms with Gasteiger partial charge in [-0.05, 0) is 18.9 Å². The number of hydrogen-bond acceptors (Lipinski definition) is 3. The molecule has 1 saturated carbocycles. The summed E-state index contributed by atoms with van der Waals surface area (Å²) < 4.78 is 12.2. The molecule has 2 aliphatic heterocycles. The second-order valence-electron chi connectivity index (χ2n) is 7.18. The van der Waals surface area contributed by atoms with Crippen LogP contribution in [0.2, 0.25) is 0 Å². The minimum absolute atomic E-state index is 0.0768. The van der Waals surface area contributed by atoms with Crippen molar-refractivity contribution in [3.05, 3.63) is 29.8 Å². The van der Waals surface area contributed by atoms with Gasteiger partial charge in [0.15, 0.2) is 0 Å². The molecule has 4 rings (SSSR count). The van der Waals surface area contributed by atoms with Crippen molar-refractivity contribution in [1.29, 1.82) is 0 Å². The van der Waals surface area contributed by atoms with E-state index in [9.17, 15) is 4.79 Å². The molecule has 1 spiro atoms. The van der Waals surface area contributed by atoms with Gasteiger partial charge in [0, 0.05) is 37.5 Å². The smallest absolute Gasteiger partial charge is 0.317 e. The van der Waals surface area contributed by atoms with E-state index in [1.54, 1.807) is 0 Å². The van der Waals surface area contributed by atoms with Gasteiger partial charge in [-0.25, -0.2) is 4.79 Å². The van der Waals surface area contributed by atoms with Crippen LogP contribution in [0, 0.1) is 0 Å². The van der Waals surface area contributed by atoms with E-state index in [1.165, 1.54) is 19.3 Å². The average Bonchev–Trinajstić information content (AvgIpc) is 2.63. The predicted octanol–water partition coefficient (Wildman–Crippen LogP) is 3.43. The summed E-state index contributed by atoms with van der Waals surface area (Å²) in [6.07, 6.45) is 7.44. The fourth-order valence-electron chi connectivity index (χ4n) is 3.97. The summed E-state index contributed by atoms with van der Waals surface area (Å²) in [6.45, 7) is 1.95. The van der Waals surface area contributed by atoms with Gasteiger partial charge in [-0.2, -0.15) is 0 Å². The summed E-state index contributed by atoms with van der Waals surface area (Å²) in [6, 6.07) is 8.47. The molecule has 0 unspecified atom stereocenters. The summed E-state index contributed by atoms with van der Waals surface area (Å²) in [5.41, 5.74) is 1.10. The lowest BCUT2D eigenvalue weighted by Crippen LogP contribution is -2.55. The molecular weight excluding hydrogens is 304 g/mol. The second kappa shape index (κ2) is 6.63. The van der Waals surface area contributed by atoms with E-state index in [1.807, 2.05) is 29.2 Å². The molecule has 2 amide bonds. The van der Waals surface area contributed by atoms with Crippen molar-refractivity contribution in [3.8, 4) is 5.75 Å². The van der Waals surface area contributed by atoms with E-state index < -0.39 is 5.79 Å². The van der Waals surface area contributed by atoms with E-state index in [0.717, 1.165) is 37.0 Å². The Morgan fingerprint density at radius 2 is 1.88 bits per heavy atom. The van der Waals surface area contributed by atoms with Crippen molar-refractivity contribution in [1.82, 2.24) is 10.2 Å². The van der Waals surface area contributed by atoms with E-state index in [4.69, 9.17) is 9.47 Å². The number of piperidine rings is 1. The maximum absolute atomic E-state index is 12.5. The van der Waals surface area contributed by atoms with Gasteiger partial charge in [0.25, 0.3) is 0 Å². The van der Waals surface area contributed by atoms with Gasteiger partial charge in [0.2, 0.25) is 5.79 Å². The van der Waals surface area contributed by atoms with Gasteiger partial charge in [0.1, 0.15) is 5.75 Å². The topological polar surface area (TPSA) is 50.8 Å². The summed E-state index contributed by atoms with van der Waals surface area (Å²) in [7, 11) is 0. The number of benzene rings is 1. The standard InChI is InChI=1S/C19H26N2O3/c22-18(20-16-7-2-1-3-8-16)21-12-10-19(11-13-21)23-14-15-6-4-5-9-17(15)24-19/h4-6,9,16H,1-3,7-8,10-14H2,(H,20,22). The number of nitrogens with zero attached hydrogens (tertiary/aromatic N) is 1. The molecule has 0 aromatic heterocycles. The first-order valence-corrected chi connectivity index (χ1v) is 9.20. The van der Waals surface area contributed by atoms with E-state index in [2.05, 4.69) is 5.32 Å². The lowest BCUT2D eigenvalue weighted by molar-refractivity contribution is -0.225. The Balaban J connectivity index is 1.33. The molecule has 0 atom stereocenters. The average molecular weight is 330 g/mol. The van der Waals surface area contributed by atoms with Crippen molar-refractivity contribution >= 4 is 6.03 Å². The maximum Gasteiger partial charge on any atom is 0.317 e.